The minimum absolute atomic E-state index is 0.0194. The summed E-state index contributed by atoms with van der Waals surface area (Å²) in [6, 6.07) is 9.34. The zero-order valence-corrected chi connectivity index (χ0v) is 19.0. The number of carbonyl (C=O) groups excluding carboxylic acids is 2. The van der Waals surface area contributed by atoms with Crippen molar-refractivity contribution >= 4 is 40.8 Å². The molecule has 0 saturated heterocycles. The first-order valence-corrected chi connectivity index (χ1v) is 10.4. The van der Waals surface area contributed by atoms with Crippen molar-refractivity contribution in [3.63, 3.8) is 0 Å². The third-order valence-corrected chi connectivity index (χ3v) is 5.08. The number of esters is 1. The van der Waals surface area contributed by atoms with Gasteiger partial charge in [0, 0.05) is 22.2 Å². The SMILES string of the molecule is CC(C)C(NC(=O)c1ccc(Cl)c([N+](=O)[O-])c1)C(=O)OCc1nnc(-c2ccc(Cl)cc2)o1. The second kappa shape index (κ2) is 10.4. The first-order valence-electron chi connectivity index (χ1n) is 9.65. The molecule has 0 aliphatic rings. The molecule has 1 unspecified atom stereocenters. The van der Waals surface area contributed by atoms with E-state index in [2.05, 4.69) is 15.5 Å². The predicted molar refractivity (Wildman–Crippen MR) is 119 cm³/mol. The molecule has 3 aromatic rings. The summed E-state index contributed by atoms with van der Waals surface area (Å²) in [5.41, 5.74) is 0.212. The number of hydrogen-bond donors (Lipinski definition) is 1. The molecule has 0 aliphatic carbocycles. The Balaban J connectivity index is 1.65. The fourth-order valence-electron chi connectivity index (χ4n) is 2.76. The number of nitrogens with one attached hydrogen (secondary N) is 1. The maximum absolute atomic E-state index is 12.6. The lowest BCUT2D eigenvalue weighted by Gasteiger charge is -2.20. The molecule has 1 atom stereocenters. The molecule has 0 radical (unpaired) electrons. The van der Waals surface area contributed by atoms with Crippen LogP contribution in [0.3, 0.4) is 0 Å². The van der Waals surface area contributed by atoms with E-state index in [1.54, 1.807) is 38.1 Å². The number of amides is 1. The van der Waals surface area contributed by atoms with Gasteiger partial charge in [0.05, 0.1) is 4.92 Å². The largest absolute Gasteiger partial charge is 0.454 e. The van der Waals surface area contributed by atoms with Crippen molar-refractivity contribution in [2.24, 2.45) is 5.92 Å². The van der Waals surface area contributed by atoms with Gasteiger partial charge in [-0.15, -0.1) is 10.2 Å². The molecule has 1 N–H and O–H groups in total. The molecular weight excluding hydrogens is 475 g/mol. The van der Waals surface area contributed by atoms with Gasteiger partial charge >= 0.3 is 5.97 Å². The lowest BCUT2D eigenvalue weighted by Crippen LogP contribution is -2.45. The highest BCUT2D eigenvalue weighted by Crippen LogP contribution is 2.25. The smallest absolute Gasteiger partial charge is 0.329 e. The van der Waals surface area contributed by atoms with E-state index < -0.39 is 28.5 Å². The molecule has 0 saturated carbocycles. The summed E-state index contributed by atoms with van der Waals surface area (Å²) in [7, 11) is 0. The second-order valence-electron chi connectivity index (χ2n) is 7.23. The van der Waals surface area contributed by atoms with Crippen LogP contribution in [0, 0.1) is 16.0 Å². The standard InChI is InChI=1S/C21H18Cl2N4O6/c1-11(2)18(24-19(28)13-5-8-15(23)16(9-13)27(30)31)21(29)32-10-17-25-26-20(33-17)12-3-6-14(22)7-4-12/h3-9,11,18H,10H2,1-2H3,(H,24,28). The van der Waals surface area contributed by atoms with Gasteiger partial charge in [0.2, 0.25) is 5.89 Å². The third kappa shape index (κ3) is 6.05. The van der Waals surface area contributed by atoms with E-state index in [0.717, 1.165) is 6.07 Å². The van der Waals surface area contributed by atoms with Crippen molar-refractivity contribution in [1.29, 1.82) is 0 Å². The summed E-state index contributed by atoms with van der Waals surface area (Å²) in [6.07, 6.45) is 0. The highest BCUT2D eigenvalue weighted by atomic mass is 35.5. The molecule has 1 heterocycles. The van der Waals surface area contributed by atoms with Gasteiger partial charge in [0.25, 0.3) is 17.5 Å². The molecule has 10 nitrogen and oxygen atoms in total. The Morgan fingerprint density at radius 1 is 1.15 bits per heavy atom. The normalized spacial score (nSPS) is 11.8. The maximum atomic E-state index is 12.6. The number of nitro benzene ring substituents is 1. The number of ether oxygens (including phenoxy) is 1. The average molecular weight is 493 g/mol. The highest BCUT2D eigenvalue weighted by Gasteiger charge is 2.27. The fraction of sp³-hybridized carbons (Fsp3) is 0.238. The van der Waals surface area contributed by atoms with Gasteiger partial charge in [-0.1, -0.05) is 37.0 Å². The average Bonchev–Trinajstić information content (AvgIpc) is 3.25. The molecule has 0 bridgehead atoms. The Bertz CT molecular complexity index is 1180. The number of nitro groups is 1. The van der Waals surface area contributed by atoms with Crippen molar-refractivity contribution in [3.8, 4) is 11.5 Å². The van der Waals surface area contributed by atoms with Crippen LogP contribution >= 0.6 is 23.2 Å². The summed E-state index contributed by atoms with van der Waals surface area (Å²) in [5.74, 6) is -1.46. The zero-order valence-electron chi connectivity index (χ0n) is 17.5. The number of nitrogens with zero attached hydrogens (tertiary/aromatic N) is 3. The van der Waals surface area contributed by atoms with Gasteiger partial charge in [0.1, 0.15) is 11.1 Å². The van der Waals surface area contributed by atoms with E-state index in [4.69, 9.17) is 32.4 Å². The van der Waals surface area contributed by atoms with Crippen molar-refractivity contribution in [1.82, 2.24) is 15.5 Å². The van der Waals surface area contributed by atoms with Crippen molar-refractivity contribution < 1.29 is 23.7 Å². The van der Waals surface area contributed by atoms with E-state index in [9.17, 15) is 19.7 Å². The minimum Gasteiger partial charge on any atom is -0.454 e. The Morgan fingerprint density at radius 3 is 2.48 bits per heavy atom. The number of halogens is 2. The number of aromatic nitrogens is 2. The maximum Gasteiger partial charge on any atom is 0.329 e. The minimum atomic E-state index is -1.02. The van der Waals surface area contributed by atoms with Crippen LogP contribution in [0.15, 0.2) is 46.9 Å². The molecule has 0 spiro atoms. The lowest BCUT2D eigenvalue weighted by molar-refractivity contribution is -0.384. The van der Waals surface area contributed by atoms with Crippen LogP contribution in [0.5, 0.6) is 0 Å². The molecule has 1 aromatic heterocycles. The topological polar surface area (TPSA) is 137 Å². The summed E-state index contributed by atoms with van der Waals surface area (Å²) < 4.78 is 10.7. The van der Waals surface area contributed by atoms with Crippen LogP contribution < -0.4 is 5.32 Å². The van der Waals surface area contributed by atoms with Gasteiger partial charge in [-0.3, -0.25) is 14.9 Å². The highest BCUT2D eigenvalue weighted by molar-refractivity contribution is 6.32. The predicted octanol–water partition coefficient (Wildman–Crippen LogP) is 4.45. The van der Waals surface area contributed by atoms with Gasteiger partial charge in [-0.25, -0.2) is 4.79 Å². The number of hydrogen-bond acceptors (Lipinski definition) is 8. The lowest BCUT2D eigenvalue weighted by atomic mass is 10.0. The fourth-order valence-corrected chi connectivity index (χ4v) is 3.07. The van der Waals surface area contributed by atoms with Crippen molar-refractivity contribution in [2.45, 2.75) is 26.5 Å². The molecular formula is C21H18Cl2N4O6. The van der Waals surface area contributed by atoms with Crippen molar-refractivity contribution in [3.05, 3.63) is 74.1 Å². The van der Waals surface area contributed by atoms with E-state index in [-0.39, 0.29) is 34.9 Å². The molecule has 12 heteroatoms. The number of rotatable bonds is 8. The Morgan fingerprint density at radius 2 is 1.85 bits per heavy atom. The third-order valence-electron chi connectivity index (χ3n) is 4.51. The van der Waals surface area contributed by atoms with Crippen molar-refractivity contribution in [2.75, 3.05) is 0 Å². The number of benzene rings is 2. The van der Waals surface area contributed by atoms with Crippen LogP contribution in [-0.2, 0) is 16.1 Å². The first-order chi connectivity index (χ1) is 15.7. The molecule has 33 heavy (non-hydrogen) atoms. The summed E-state index contributed by atoms with van der Waals surface area (Å²) in [4.78, 5) is 35.5. The van der Waals surface area contributed by atoms with E-state index in [0.29, 0.717) is 10.6 Å². The molecule has 172 valence electrons. The monoisotopic (exact) mass is 492 g/mol. The van der Waals surface area contributed by atoms with E-state index >= 15 is 0 Å². The number of carbonyl (C=O) groups is 2. The van der Waals surface area contributed by atoms with Gasteiger partial charge < -0.3 is 14.5 Å². The Kier molecular flexibility index (Phi) is 7.62. The van der Waals surface area contributed by atoms with E-state index in [1.807, 2.05) is 0 Å². The molecule has 3 rings (SSSR count). The second-order valence-corrected chi connectivity index (χ2v) is 8.08. The zero-order chi connectivity index (χ0) is 24.1. The van der Waals surface area contributed by atoms with Crippen LogP contribution in [0.1, 0.15) is 30.1 Å². The van der Waals surface area contributed by atoms with Gasteiger partial charge in [-0.05, 0) is 42.3 Å². The van der Waals surface area contributed by atoms with Crippen LogP contribution in [0.25, 0.3) is 11.5 Å². The Hall–Kier alpha value is -3.50. The summed E-state index contributed by atoms with van der Waals surface area (Å²) in [5, 5.41) is 21.8. The molecule has 0 fully saturated rings. The summed E-state index contributed by atoms with van der Waals surface area (Å²) in [6.45, 7) is 3.12. The van der Waals surface area contributed by atoms with Crippen LogP contribution in [0.2, 0.25) is 10.0 Å². The first kappa shape index (κ1) is 24.1. The van der Waals surface area contributed by atoms with Crippen LogP contribution in [0.4, 0.5) is 5.69 Å². The summed E-state index contributed by atoms with van der Waals surface area (Å²) >= 11 is 11.6. The van der Waals surface area contributed by atoms with Gasteiger partial charge in [0.15, 0.2) is 6.61 Å². The molecule has 2 aromatic carbocycles. The quantitative estimate of drug-likeness (QED) is 0.276. The van der Waals surface area contributed by atoms with Crippen LogP contribution in [-0.4, -0.2) is 33.0 Å². The molecule has 1 amide bonds. The Labute approximate surface area is 198 Å². The molecule has 0 aliphatic heterocycles. The van der Waals surface area contributed by atoms with Gasteiger partial charge in [-0.2, -0.15) is 0 Å². The van der Waals surface area contributed by atoms with E-state index in [1.165, 1.54) is 12.1 Å².